The zero-order chi connectivity index (χ0) is 45.8. The lowest BCUT2D eigenvalue weighted by Crippen LogP contribution is -2.30. The van der Waals surface area contributed by atoms with Crippen LogP contribution in [-0.4, -0.2) is 37.2 Å². The summed E-state index contributed by atoms with van der Waals surface area (Å²) in [6.45, 7) is 6.56. The topological polar surface area (TPSA) is 78.9 Å². The second kappa shape index (κ2) is 51.7. The van der Waals surface area contributed by atoms with E-state index in [2.05, 4.69) is 81.5 Å². The average Bonchev–Trinajstić information content (AvgIpc) is 3.28. The van der Waals surface area contributed by atoms with E-state index >= 15 is 0 Å². The Bertz CT molecular complexity index is 1150. The highest BCUT2D eigenvalue weighted by atomic mass is 16.6. The van der Waals surface area contributed by atoms with Gasteiger partial charge in [0.1, 0.15) is 13.2 Å². The highest BCUT2D eigenvalue weighted by Crippen LogP contribution is 2.14. The van der Waals surface area contributed by atoms with Crippen LogP contribution < -0.4 is 0 Å². The van der Waals surface area contributed by atoms with Crippen LogP contribution in [0, 0.1) is 0 Å². The molecule has 0 radical (unpaired) electrons. The van der Waals surface area contributed by atoms with Crippen LogP contribution in [0.1, 0.15) is 265 Å². The molecule has 0 aliphatic carbocycles. The van der Waals surface area contributed by atoms with E-state index in [0.29, 0.717) is 19.3 Å². The molecule has 0 heterocycles. The number of hydrogen-bond acceptors (Lipinski definition) is 6. The summed E-state index contributed by atoms with van der Waals surface area (Å²) < 4.78 is 16.8. The van der Waals surface area contributed by atoms with Crippen LogP contribution in [0.4, 0.5) is 0 Å². The first kappa shape index (κ1) is 60.1. The van der Waals surface area contributed by atoms with Crippen LogP contribution in [0.5, 0.6) is 0 Å². The molecule has 63 heavy (non-hydrogen) atoms. The summed E-state index contributed by atoms with van der Waals surface area (Å²) >= 11 is 0. The Kier molecular flexibility index (Phi) is 49.4. The summed E-state index contributed by atoms with van der Waals surface area (Å²) in [7, 11) is 0. The van der Waals surface area contributed by atoms with Crippen LogP contribution in [0.25, 0.3) is 0 Å². The van der Waals surface area contributed by atoms with Gasteiger partial charge in [0.15, 0.2) is 6.10 Å². The van der Waals surface area contributed by atoms with E-state index in [1.165, 1.54) is 116 Å². The lowest BCUT2D eigenvalue weighted by atomic mass is 10.1. The smallest absolute Gasteiger partial charge is 0.306 e. The minimum Gasteiger partial charge on any atom is -0.462 e. The van der Waals surface area contributed by atoms with Gasteiger partial charge in [-0.25, -0.2) is 0 Å². The number of esters is 3. The van der Waals surface area contributed by atoms with Crippen LogP contribution in [-0.2, 0) is 28.6 Å². The molecule has 0 aromatic rings. The van der Waals surface area contributed by atoms with E-state index in [0.717, 1.165) is 109 Å². The number of carbonyl (C=O) groups is 3. The molecule has 0 aliphatic rings. The van der Waals surface area contributed by atoms with Gasteiger partial charge in [0, 0.05) is 19.3 Å². The van der Waals surface area contributed by atoms with Gasteiger partial charge in [-0.3, -0.25) is 14.4 Å². The van der Waals surface area contributed by atoms with Crippen LogP contribution in [0.3, 0.4) is 0 Å². The lowest BCUT2D eigenvalue weighted by Gasteiger charge is -2.18. The number of allylic oxidation sites excluding steroid dienone is 10. The molecule has 6 heteroatoms. The molecule has 364 valence electrons. The summed E-state index contributed by atoms with van der Waals surface area (Å²) in [6.07, 6.45) is 63.4. The van der Waals surface area contributed by atoms with Crippen LogP contribution >= 0.6 is 0 Å². The fourth-order valence-corrected chi connectivity index (χ4v) is 7.38. The predicted molar refractivity (Wildman–Crippen MR) is 270 cm³/mol. The molecule has 1 atom stereocenters. The largest absolute Gasteiger partial charge is 0.462 e. The van der Waals surface area contributed by atoms with Gasteiger partial charge in [-0.1, -0.05) is 197 Å². The number of ether oxygens (including phenoxy) is 3. The van der Waals surface area contributed by atoms with Gasteiger partial charge < -0.3 is 14.2 Å². The first-order valence-corrected chi connectivity index (χ1v) is 26.8. The summed E-state index contributed by atoms with van der Waals surface area (Å²) in [5.41, 5.74) is 0. The van der Waals surface area contributed by atoms with Crippen molar-refractivity contribution in [1.29, 1.82) is 0 Å². The molecule has 0 bridgehead atoms. The molecule has 0 saturated heterocycles. The monoisotopic (exact) mass is 881 g/mol. The van der Waals surface area contributed by atoms with Crippen molar-refractivity contribution in [3.63, 3.8) is 0 Å². The van der Waals surface area contributed by atoms with Gasteiger partial charge in [0.05, 0.1) is 0 Å². The number of rotatable bonds is 48. The summed E-state index contributed by atoms with van der Waals surface area (Å²) in [6, 6.07) is 0. The molecule has 0 aliphatic heterocycles. The molecule has 0 fully saturated rings. The Morgan fingerprint density at radius 3 is 0.921 bits per heavy atom. The van der Waals surface area contributed by atoms with Crippen molar-refractivity contribution in [1.82, 2.24) is 0 Å². The van der Waals surface area contributed by atoms with Crippen LogP contribution in [0.2, 0.25) is 0 Å². The van der Waals surface area contributed by atoms with Gasteiger partial charge in [-0.05, 0) is 109 Å². The quantitative estimate of drug-likeness (QED) is 0.0262. The minimum atomic E-state index is -0.790. The standard InChI is InChI=1S/C57H100O6/c1-4-7-10-13-16-19-22-25-28-31-34-37-40-43-46-49-55(58)61-52-54(63-57(60)51-48-45-42-39-36-33-30-27-24-21-18-15-12-9-6-3)53-62-56(59)50-47-44-41-38-35-32-29-26-23-20-17-14-11-8-5-2/h16,18-19,21,25-30,54H,4-15,17,20,22-24,31-53H2,1-3H3/b19-16-,21-18-,28-25+,29-26-,30-27-. The van der Waals surface area contributed by atoms with Crippen molar-refractivity contribution < 1.29 is 28.6 Å². The van der Waals surface area contributed by atoms with E-state index in [9.17, 15) is 14.4 Å². The second-order valence-electron chi connectivity index (χ2n) is 17.8. The Morgan fingerprint density at radius 1 is 0.317 bits per heavy atom. The Labute approximate surface area is 390 Å². The SMILES string of the molecule is CCCCC/C=C\C/C=C\CCCCCCCC(=O)OC(COC(=O)CCCCCCC/C=C\CCCCCCCC)COC(=O)CCCCCCC/C=C/C/C=C\CCCCC. The third kappa shape index (κ3) is 50.0. The van der Waals surface area contributed by atoms with Crippen molar-refractivity contribution in [2.45, 2.75) is 271 Å². The lowest BCUT2D eigenvalue weighted by molar-refractivity contribution is -0.167. The highest BCUT2D eigenvalue weighted by Gasteiger charge is 2.19. The highest BCUT2D eigenvalue weighted by molar-refractivity contribution is 5.71. The van der Waals surface area contributed by atoms with E-state index in [4.69, 9.17) is 14.2 Å². The first-order valence-electron chi connectivity index (χ1n) is 26.8. The average molecular weight is 881 g/mol. The van der Waals surface area contributed by atoms with Crippen molar-refractivity contribution in [2.75, 3.05) is 13.2 Å². The van der Waals surface area contributed by atoms with E-state index in [-0.39, 0.29) is 31.1 Å². The van der Waals surface area contributed by atoms with Crippen molar-refractivity contribution in [2.24, 2.45) is 0 Å². The van der Waals surface area contributed by atoms with E-state index in [1.54, 1.807) is 0 Å². The van der Waals surface area contributed by atoms with E-state index < -0.39 is 6.10 Å². The van der Waals surface area contributed by atoms with Gasteiger partial charge in [0.2, 0.25) is 0 Å². The van der Waals surface area contributed by atoms with Gasteiger partial charge >= 0.3 is 17.9 Å². The molecular weight excluding hydrogens is 781 g/mol. The maximum absolute atomic E-state index is 12.8. The molecule has 6 nitrogen and oxygen atoms in total. The molecular formula is C57H100O6. The Hall–Kier alpha value is -2.89. The van der Waals surface area contributed by atoms with E-state index in [1.807, 2.05) is 0 Å². The molecule has 0 spiro atoms. The fraction of sp³-hybridized carbons (Fsp3) is 0.772. The molecule has 0 aromatic carbocycles. The normalized spacial score (nSPS) is 12.5. The van der Waals surface area contributed by atoms with Crippen molar-refractivity contribution in [3.8, 4) is 0 Å². The van der Waals surface area contributed by atoms with Crippen molar-refractivity contribution in [3.05, 3.63) is 60.8 Å². The van der Waals surface area contributed by atoms with Gasteiger partial charge in [-0.2, -0.15) is 0 Å². The third-order valence-electron chi connectivity index (χ3n) is 11.5. The van der Waals surface area contributed by atoms with Gasteiger partial charge in [-0.15, -0.1) is 0 Å². The minimum absolute atomic E-state index is 0.0885. The number of carbonyl (C=O) groups excluding carboxylic acids is 3. The zero-order valence-corrected chi connectivity index (χ0v) is 41.6. The maximum Gasteiger partial charge on any atom is 0.306 e. The van der Waals surface area contributed by atoms with Gasteiger partial charge in [0.25, 0.3) is 0 Å². The molecule has 0 N–H and O–H groups in total. The summed E-state index contributed by atoms with van der Waals surface area (Å²) in [5, 5.41) is 0. The zero-order valence-electron chi connectivity index (χ0n) is 41.6. The molecule has 0 aromatic heterocycles. The number of hydrogen-bond donors (Lipinski definition) is 0. The molecule has 0 saturated carbocycles. The maximum atomic E-state index is 12.8. The molecule has 1 unspecified atom stereocenters. The number of unbranched alkanes of at least 4 members (excludes halogenated alkanes) is 27. The van der Waals surface area contributed by atoms with Crippen LogP contribution in [0.15, 0.2) is 60.8 Å². The Morgan fingerprint density at radius 2 is 0.571 bits per heavy atom. The summed E-state index contributed by atoms with van der Waals surface area (Å²) in [5.74, 6) is -0.919. The fourth-order valence-electron chi connectivity index (χ4n) is 7.38. The molecule has 0 amide bonds. The molecule has 0 rings (SSSR count). The second-order valence-corrected chi connectivity index (χ2v) is 17.8. The Balaban J connectivity index is 4.44. The third-order valence-corrected chi connectivity index (χ3v) is 11.5. The van der Waals surface area contributed by atoms with Crippen molar-refractivity contribution >= 4 is 17.9 Å². The predicted octanol–water partition coefficient (Wildman–Crippen LogP) is 17.6. The summed E-state index contributed by atoms with van der Waals surface area (Å²) in [4.78, 5) is 38.0. The first-order chi connectivity index (χ1) is 31.0.